The summed E-state index contributed by atoms with van der Waals surface area (Å²) < 4.78 is 0. The van der Waals surface area contributed by atoms with Crippen molar-refractivity contribution in [3.63, 3.8) is 0 Å². The van der Waals surface area contributed by atoms with Gasteiger partial charge in [0.1, 0.15) is 5.82 Å². The number of aliphatic imine (C=N–C) groups is 2. The van der Waals surface area contributed by atoms with E-state index in [1.54, 1.807) is 0 Å². The lowest BCUT2D eigenvalue weighted by Gasteiger charge is -1.98. The lowest BCUT2D eigenvalue weighted by molar-refractivity contribution is 1.29. The molecule has 122 valence electrons. The summed E-state index contributed by atoms with van der Waals surface area (Å²) in [5, 5.41) is 0. The van der Waals surface area contributed by atoms with Crippen LogP contribution in [0.3, 0.4) is 0 Å². The topological polar surface area (TPSA) is 40.5 Å². The van der Waals surface area contributed by atoms with E-state index in [1.807, 2.05) is 36.4 Å². The molecule has 25 heavy (non-hydrogen) atoms. The Labute approximate surface area is 147 Å². The molecular weight excluding hydrogens is 306 g/mol. The van der Waals surface area contributed by atoms with E-state index in [-0.39, 0.29) is 0 Å². The van der Waals surface area contributed by atoms with E-state index in [1.165, 1.54) is 0 Å². The fourth-order valence-electron chi connectivity index (χ4n) is 2.92. The summed E-state index contributed by atoms with van der Waals surface area (Å²) in [5.41, 5.74) is 6.50. The molecule has 0 spiro atoms. The molecule has 0 saturated heterocycles. The Bertz CT molecular complexity index is 990. The van der Waals surface area contributed by atoms with Gasteiger partial charge in [0.2, 0.25) is 0 Å². The van der Waals surface area contributed by atoms with Crippen LogP contribution >= 0.6 is 0 Å². The van der Waals surface area contributed by atoms with Gasteiger partial charge in [0.25, 0.3) is 0 Å². The molecule has 3 nitrogen and oxygen atoms in total. The van der Waals surface area contributed by atoms with Gasteiger partial charge >= 0.3 is 0 Å². The largest absolute Gasteiger partial charge is 0.339 e. The molecule has 0 amide bonds. The molecule has 1 aliphatic heterocycles. The number of nitrogens with one attached hydrogen (secondary N) is 1. The number of aryl methyl sites for hydroxylation is 1. The van der Waals surface area contributed by atoms with E-state index in [0.29, 0.717) is 0 Å². The van der Waals surface area contributed by atoms with Crippen LogP contribution in [0.1, 0.15) is 18.1 Å². The summed E-state index contributed by atoms with van der Waals surface area (Å²) in [4.78, 5) is 12.9. The molecule has 4 rings (SSSR count). The Morgan fingerprint density at radius 2 is 1.48 bits per heavy atom. The van der Waals surface area contributed by atoms with Gasteiger partial charge in [-0.1, -0.05) is 60.7 Å². The summed E-state index contributed by atoms with van der Waals surface area (Å²) in [7, 11) is 0. The lowest BCUT2D eigenvalue weighted by atomic mass is 10.1. The quantitative estimate of drug-likeness (QED) is 0.663. The van der Waals surface area contributed by atoms with Gasteiger partial charge in [-0.3, -0.25) is 0 Å². The van der Waals surface area contributed by atoms with E-state index in [0.717, 1.165) is 45.3 Å². The molecule has 0 unspecified atom stereocenters. The molecule has 0 aliphatic carbocycles. The second-order valence-corrected chi connectivity index (χ2v) is 6.21. The number of hydrogen-bond donors (Lipinski definition) is 1. The monoisotopic (exact) mass is 325 g/mol. The van der Waals surface area contributed by atoms with Crippen molar-refractivity contribution in [3.8, 4) is 11.3 Å². The smallest absolute Gasteiger partial charge is 0.157 e. The van der Waals surface area contributed by atoms with Gasteiger partial charge in [-0.25, -0.2) is 9.98 Å². The number of aromatic nitrogens is 1. The third kappa shape index (κ3) is 3.09. The van der Waals surface area contributed by atoms with E-state index in [9.17, 15) is 0 Å². The van der Waals surface area contributed by atoms with Crippen LogP contribution in [-0.2, 0) is 0 Å². The number of aromatic amines is 1. The second-order valence-electron chi connectivity index (χ2n) is 6.21. The number of benzene rings is 2. The zero-order valence-corrected chi connectivity index (χ0v) is 14.3. The van der Waals surface area contributed by atoms with E-state index >= 15 is 0 Å². The summed E-state index contributed by atoms with van der Waals surface area (Å²) in [5.74, 6) is 1.63. The number of nitrogens with zero attached hydrogens (tertiary/aromatic N) is 2. The molecule has 0 atom stereocenters. The molecule has 1 N–H and O–H groups in total. The van der Waals surface area contributed by atoms with Crippen molar-refractivity contribution in [2.75, 3.05) is 0 Å². The van der Waals surface area contributed by atoms with E-state index in [2.05, 4.69) is 55.2 Å². The predicted octanol–water partition coefficient (Wildman–Crippen LogP) is 5.47. The minimum Gasteiger partial charge on any atom is -0.339 e. The van der Waals surface area contributed by atoms with Crippen LogP contribution in [0.4, 0.5) is 5.82 Å². The standard InChI is InChI=1S/C22H19N3/c1-15-13-19(17-9-5-3-6-10-17)23-21(15)25-22-16(2)14-20(24-22)18-11-7-4-8-12-18/h3-14,23H,1-2H3/b25-22+. The van der Waals surface area contributed by atoms with Crippen LogP contribution in [-0.4, -0.2) is 16.5 Å². The highest BCUT2D eigenvalue weighted by molar-refractivity contribution is 6.24. The van der Waals surface area contributed by atoms with Gasteiger partial charge < -0.3 is 4.98 Å². The molecule has 0 saturated carbocycles. The highest BCUT2D eigenvalue weighted by Gasteiger charge is 2.15. The minimum absolute atomic E-state index is 0.767. The molecule has 2 aromatic carbocycles. The summed E-state index contributed by atoms with van der Waals surface area (Å²) >= 11 is 0. The van der Waals surface area contributed by atoms with Crippen LogP contribution in [0.2, 0.25) is 0 Å². The molecule has 3 aromatic rings. The average Bonchev–Trinajstić information content (AvgIpc) is 3.20. The SMILES string of the molecule is CC1=CC(c2ccccc2)=N/C1=N/c1[nH]c(-c2ccccc2)cc1C. The Morgan fingerprint density at radius 1 is 0.840 bits per heavy atom. The molecule has 0 radical (unpaired) electrons. The third-order valence-corrected chi connectivity index (χ3v) is 4.29. The summed E-state index contributed by atoms with van der Waals surface area (Å²) in [6, 6.07) is 22.6. The Kier molecular flexibility index (Phi) is 3.90. The molecule has 0 bridgehead atoms. The highest BCUT2D eigenvalue weighted by atomic mass is 15.0. The van der Waals surface area contributed by atoms with Crippen LogP contribution in [0, 0.1) is 6.92 Å². The zero-order chi connectivity index (χ0) is 17.2. The number of amidine groups is 1. The summed E-state index contributed by atoms with van der Waals surface area (Å²) in [6.45, 7) is 4.12. The van der Waals surface area contributed by atoms with E-state index in [4.69, 9.17) is 9.98 Å². The van der Waals surface area contributed by atoms with Crippen LogP contribution < -0.4 is 0 Å². The first kappa shape index (κ1) is 15.3. The minimum atomic E-state index is 0.767. The van der Waals surface area contributed by atoms with Crippen molar-refractivity contribution in [2.45, 2.75) is 13.8 Å². The van der Waals surface area contributed by atoms with Gasteiger partial charge in [0, 0.05) is 11.3 Å². The van der Waals surface area contributed by atoms with Gasteiger partial charge in [0.15, 0.2) is 5.84 Å². The molecule has 1 aliphatic rings. The number of hydrogen-bond acceptors (Lipinski definition) is 1. The normalized spacial score (nSPS) is 15.4. The van der Waals surface area contributed by atoms with Gasteiger partial charge in [-0.2, -0.15) is 0 Å². The van der Waals surface area contributed by atoms with Crippen molar-refractivity contribution in [2.24, 2.45) is 9.98 Å². The van der Waals surface area contributed by atoms with Crippen molar-refractivity contribution < 1.29 is 0 Å². The maximum absolute atomic E-state index is 4.77. The number of H-pyrrole nitrogens is 1. The molecular formula is C22H19N3. The van der Waals surface area contributed by atoms with Crippen molar-refractivity contribution in [1.29, 1.82) is 0 Å². The second kappa shape index (κ2) is 6.36. The van der Waals surface area contributed by atoms with Crippen LogP contribution in [0.15, 0.2) is 88.4 Å². The fourth-order valence-corrected chi connectivity index (χ4v) is 2.92. The Morgan fingerprint density at radius 3 is 2.16 bits per heavy atom. The van der Waals surface area contributed by atoms with Crippen molar-refractivity contribution >= 4 is 17.4 Å². The third-order valence-electron chi connectivity index (χ3n) is 4.29. The molecule has 1 aromatic heterocycles. The van der Waals surface area contributed by atoms with Crippen molar-refractivity contribution in [1.82, 2.24) is 4.98 Å². The predicted molar refractivity (Wildman–Crippen MR) is 105 cm³/mol. The maximum atomic E-state index is 4.77. The number of allylic oxidation sites excluding steroid dienone is 1. The average molecular weight is 325 g/mol. The lowest BCUT2D eigenvalue weighted by Crippen LogP contribution is -1.94. The van der Waals surface area contributed by atoms with E-state index < -0.39 is 0 Å². The van der Waals surface area contributed by atoms with Crippen LogP contribution in [0.5, 0.6) is 0 Å². The maximum Gasteiger partial charge on any atom is 0.157 e. The van der Waals surface area contributed by atoms with Gasteiger partial charge in [0.05, 0.1) is 5.71 Å². The highest BCUT2D eigenvalue weighted by Crippen LogP contribution is 2.27. The van der Waals surface area contributed by atoms with Gasteiger partial charge in [-0.05, 0) is 42.7 Å². The first-order valence-corrected chi connectivity index (χ1v) is 8.37. The summed E-state index contributed by atoms with van der Waals surface area (Å²) in [6.07, 6.45) is 2.09. The Hall–Kier alpha value is -3.20. The molecule has 3 heteroatoms. The first-order chi connectivity index (χ1) is 12.2. The molecule has 2 heterocycles. The zero-order valence-electron chi connectivity index (χ0n) is 14.3. The first-order valence-electron chi connectivity index (χ1n) is 8.37. The fraction of sp³-hybridized carbons (Fsp3) is 0.0909. The molecule has 0 fully saturated rings. The number of rotatable bonds is 3. The van der Waals surface area contributed by atoms with Crippen LogP contribution in [0.25, 0.3) is 11.3 Å². The van der Waals surface area contributed by atoms with Crippen molar-refractivity contribution in [3.05, 3.63) is 89.5 Å². The van der Waals surface area contributed by atoms with Gasteiger partial charge in [-0.15, -0.1) is 0 Å². The Balaban J connectivity index is 1.69.